The minimum Gasteiger partial charge on any atom is -0.463 e. The van der Waals surface area contributed by atoms with Gasteiger partial charge in [-0.3, -0.25) is 0 Å². The SMILES string of the molecule is CCOC(=O)/C(C)=C\Oc1ccn(-c2ccc(Cl)cc2)n1. The molecule has 6 heteroatoms. The van der Waals surface area contributed by atoms with Crippen LogP contribution in [0.5, 0.6) is 5.88 Å². The molecule has 0 spiro atoms. The maximum atomic E-state index is 11.4. The average Bonchev–Trinajstić information content (AvgIpc) is 2.94. The Morgan fingerprint density at radius 2 is 2.05 bits per heavy atom. The maximum absolute atomic E-state index is 11.4. The zero-order valence-electron chi connectivity index (χ0n) is 11.7. The van der Waals surface area contributed by atoms with Gasteiger partial charge in [-0.15, -0.1) is 5.10 Å². The lowest BCUT2D eigenvalue weighted by molar-refractivity contribution is -0.138. The van der Waals surface area contributed by atoms with E-state index in [2.05, 4.69) is 5.10 Å². The number of esters is 1. The number of benzene rings is 1. The van der Waals surface area contributed by atoms with Crippen LogP contribution in [0.4, 0.5) is 0 Å². The van der Waals surface area contributed by atoms with Gasteiger partial charge < -0.3 is 9.47 Å². The summed E-state index contributed by atoms with van der Waals surface area (Å²) < 4.78 is 11.8. The lowest BCUT2D eigenvalue weighted by Crippen LogP contribution is -2.06. The van der Waals surface area contributed by atoms with E-state index in [9.17, 15) is 4.79 Å². The molecule has 2 rings (SSSR count). The summed E-state index contributed by atoms with van der Waals surface area (Å²) in [5.74, 6) is -0.0248. The zero-order valence-corrected chi connectivity index (χ0v) is 12.5. The molecule has 5 nitrogen and oxygen atoms in total. The Bertz CT molecular complexity index is 647. The third-order valence-corrected chi connectivity index (χ3v) is 2.86. The molecule has 0 saturated heterocycles. The van der Waals surface area contributed by atoms with Gasteiger partial charge in [0.25, 0.3) is 0 Å². The van der Waals surface area contributed by atoms with Crippen molar-refractivity contribution < 1.29 is 14.3 Å². The first-order valence-corrected chi connectivity index (χ1v) is 6.80. The van der Waals surface area contributed by atoms with Gasteiger partial charge in [0, 0.05) is 17.3 Å². The van der Waals surface area contributed by atoms with Gasteiger partial charge in [-0.2, -0.15) is 0 Å². The molecule has 0 saturated carbocycles. The Hall–Kier alpha value is -2.27. The van der Waals surface area contributed by atoms with Gasteiger partial charge in [0.05, 0.1) is 17.9 Å². The highest BCUT2D eigenvalue weighted by Gasteiger charge is 2.06. The zero-order chi connectivity index (χ0) is 15.2. The molecule has 0 atom stereocenters. The van der Waals surface area contributed by atoms with Crippen molar-refractivity contribution in [2.75, 3.05) is 6.61 Å². The largest absolute Gasteiger partial charge is 0.463 e. The fourth-order valence-corrected chi connectivity index (χ4v) is 1.68. The molecule has 0 aliphatic rings. The van der Waals surface area contributed by atoms with Crippen LogP contribution in [0.15, 0.2) is 48.4 Å². The van der Waals surface area contributed by atoms with E-state index in [-0.39, 0.29) is 0 Å². The van der Waals surface area contributed by atoms with E-state index in [1.807, 2.05) is 12.1 Å². The number of ether oxygens (including phenoxy) is 2. The monoisotopic (exact) mass is 306 g/mol. The molecule has 1 heterocycles. The summed E-state index contributed by atoms with van der Waals surface area (Å²) in [6.45, 7) is 3.70. The van der Waals surface area contributed by atoms with E-state index in [0.717, 1.165) is 5.69 Å². The van der Waals surface area contributed by atoms with Crippen molar-refractivity contribution in [3.05, 3.63) is 53.4 Å². The fourth-order valence-electron chi connectivity index (χ4n) is 1.55. The van der Waals surface area contributed by atoms with Crippen LogP contribution in [-0.4, -0.2) is 22.4 Å². The van der Waals surface area contributed by atoms with Gasteiger partial charge in [-0.25, -0.2) is 9.48 Å². The molecule has 21 heavy (non-hydrogen) atoms. The molecule has 0 aliphatic heterocycles. The molecule has 2 aromatic rings. The summed E-state index contributed by atoms with van der Waals surface area (Å²) in [6.07, 6.45) is 3.08. The number of halogens is 1. The Morgan fingerprint density at radius 3 is 2.71 bits per heavy atom. The Kier molecular flexibility index (Phi) is 5.00. The second-order valence-electron chi connectivity index (χ2n) is 4.21. The molecule has 0 radical (unpaired) electrons. The van der Waals surface area contributed by atoms with Crippen molar-refractivity contribution >= 4 is 17.6 Å². The van der Waals surface area contributed by atoms with Crippen LogP contribution in [0.3, 0.4) is 0 Å². The molecule has 0 unspecified atom stereocenters. The summed E-state index contributed by atoms with van der Waals surface area (Å²) in [5, 5.41) is 4.90. The minimum atomic E-state index is -0.408. The molecule has 110 valence electrons. The Morgan fingerprint density at radius 1 is 1.33 bits per heavy atom. The van der Waals surface area contributed by atoms with Crippen LogP contribution in [0.25, 0.3) is 5.69 Å². The van der Waals surface area contributed by atoms with Gasteiger partial charge >= 0.3 is 5.97 Å². The second-order valence-corrected chi connectivity index (χ2v) is 4.65. The predicted octanol–water partition coefficient (Wildman–Crippen LogP) is 3.37. The number of nitrogens with zero attached hydrogens (tertiary/aromatic N) is 2. The molecule has 0 N–H and O–H groups in total. The molecular formula is C15H15ClN2O3. The van der Waals surface area contributed by atoms with Crippen molar-refractivity contribution in [1.82, 2.24) is 9.78 Å². The van der Waals surface area contributed by atoms with E-state index in [1.165, 1.54) is 6.26 Å². The number of aromatic nitrogens is 2. The van der Waals surface area contributed by atoms with Crippen LogP contribution in [0.2, 0.25) is 5.02 Å². The van der Waals surface area contributed by atoms with Gasteiger partial charge in [0.15, 0.2) is 0 Å². The van der Waals surface area contributed by atoms with Crippen molar-refractivity contribution in [2.45, 2.75) is 13.8 Å². The van der Waals surface area contributed by atoms with E-state index >= 15 is 0 Å². The third-order valence-electron chi connectivity index (χ3n) is 2.61. The van der Waals surface area contributed by atoms with E-state index < -0.39 is 5.97 Å². The summed E-state index contributed by atoms with van der Waals surface area (Å²) in [7, 11) is 0. The number of hydrogen-bond acceptors (Lipinski definition) is 4. The highest BCUT2D eigenvalue weighted by molar-refractivity contribution is 6.30. The molecule has 0 amide bonds. The van der Waals surface area contributed by atoms with Crippen LogP contribution >= 0.6 is 11.6 Å². The second kappa shape index (κ2) is 6.95. The highest BCUT2D eigenvalue weighted by Crippen LogP contribution is 2.15. The number of hydrogen-bond donors (Lipinski definition) is 0. The standard InChI is InChI=1S/C15H15ClN2O3/c1-3-20-15(19)11(2)10-21-14-8-9-18(17-14)13-6-4-12(16)5-7-13/h4-10H,3H2,1-2H3/b11-10-. The van der Waals surface area contributed by atoms with Crippen molar-refractivity contribution in [2.24, 2.45) is 0 Å². The van der Waals surface area contributed by atoms with E-state index in [4.69, 9.17) is 21.1 Å². The predicted molar refractivity (Wildman–Crippen MR) is 79.6 cm³/mol. The number of carbonyl (C=O) groups excluding carboxylic acids is 1. The molecular weight excluding hydrogens is 292 g/mol. The van der Waals surface area contributed by atoms with Crippen molar-refractivity contribution in [3.8, 4) is 11.6 Å². The first kappa shape index (κ1) is 15.1. The smallest absolute Gasteiger partial charge is 0.336 e. The molecule has 1 aromatic heterocycles. The van der Waals surface area contributed by atoms with E-state index in [1.54, 1.807) is 42.9 Å². The average molecular weight is 307 g/mol. The summed E-state index contributed by atoms with van der Waals surface area (Å²) >= 11 is 5.84. The van der Waals surface area contributed by atoms with E-state index in [0.29, 0.717) is 23.1 Å². The highest BCUT2D eigenvalue weighted by atomic mass is 35.5. The molecule has 0 bridgehead atoms. The molecule has 1 aromatic carbocycles. The van der Waals surface area contributed by atoms with Gasteiger partial charge in [0.2, 0.25) is 5.88 Å². The number of rotatable bonds is 5. The molecule has 0 fully saturated rings. The van der Waals surface area contributed by atoms with Gasteiger partial charge in [-0.05, 0) is 38.1 Å². The normalized spacial score (nSPS) is 11.3. The minimum absolute atomic E-state index is 0.329. The Balaban J connectivity index is 2.05. The Labute approximate surface area is 127 Å². The number of carbonyl (C=O) groups is 1. The maximum Gasteiger partial charge on any atom is 0.336 e. The van der Waals surface area contributed by atoms with Crippen LogP contribution in [0.1, 0.15) is 13.8 Å². The molecule has 0 aliphatic carbocycles. The third kappa shape index (κ3) is 4.10. The van der Waals surface area contributed by atoms with Crippen LogP contribution < -0.4 is 4.74 Å². The van der Waals surface area contributed by atoms with Crippen LogP contribution in [0, 0.1) is 0 Å². The van der Waals surface area contributed by atoms with Crippen molar-refractivity contribution in [3.63, 3.8) is 0 Å². The summed E-state index contributed by atoms with van der Waals surface area (Å²) in [6, 6.07) is 8.95. The topological polar surface area (TPSA) is 53.4 Å². The quantitative estimate of drug-likeness (QED) is 0.483. The van der Waals surface area contributed by atoms with Crippen LogP contribution in [-0.2, 0) is 9.53 Å². The fraction of sp³-hybridized carbons (Fsp3) is 0.200. The summed E-state index contributed by atoms with van der Waals surface area (Å²) in [4.78, 5) is 11.4. The van der Waals surface area contributed by atoms with Crippen molar-refractivity contribution in [1.29, 1.82) is 0 Å². The first-order valence-electron chi connectivity index (χ1n) is 6.42. The lowest BCUT2D eigenvalue weighted by Gasteiger charge is -2.02. The summed E-state index contributed by atoms with van der Waals surface area (Å²) in [5.41, 5.74) is 1.23. The van der Waals surface area contributed by atoms with Gasteiger partial charge in [0.1, 0.15) is 6.26 Å². The first-order chi connectivity index (χ1) is 10.1. The van der Waals surface area contributed by atoms with Gasteiger partial charge in [-0.1, -0.05) is 11.6 Å². The lowest BCUT2D eigenvalue weighted by atomic mass is 10.3.